The third-order valence-corrected chi connectivity index (χ3v) is 3.38. The van der Waals surface area contributed by atoms with Crippen LogP contribution in [-0.4, -0.2) is 46.7 Å². The standard InChI is InChI=1S/C12H23N3O3/c1-8(2)9(14-11(13)17)10(16)15-6-4-12(3,18)5-7-15/h8-9,18H,4-7H2,1-3H3,(H3,13,14,17). The molecule has 3 amide bonds. The van der Waals surface area contributed by atoms with Crippen molar-refractivity contribution in [3.05, 3.63) is 0 Å². The number of piperidine rings is 1. The van der Waals surface area contributed by atoms with Gasteiger partial charge in [0, 0.05) is 13.1 Å². The van der Waals surface area contributed by atoms with Crippen molar-refractivity contribution in [2.75, 3.05) is 13.1 Å². The van der Waals surface area contributed by atoms with Gasteiger partial charge < -0.3 is 21.1 Å². The molecule has 0 aromatic rings. The number of hydrogen-bond acceptors (Lipinski definition) is 3. The number of aliphatic hydroxyl groups is 1. The summed E-state index contributed by atoms with van der Waals surface area (Å²) in [4.78, 5) is 24.8. The molecule has 0 bridgehead atoms. The van der Waals surface area contributed by atoms with Crippen LogP contribution in [-0.2, 0) is 4.79 Å². The Morgan fingerprint density at radius 2 is 1.83 bits per heavy atom. The molecule has 1 atom stereocenters. The Kier molecular flexibility index (Phi) is 4.56. The maximum Gasteiger partial charge on any atom is 0.312 e. The Morgan fingerprint density at radius 3 is 2.22 bits per heavy atom. The number of nitrogens with one attached hydrogen (secondary N) is 1. The largest absolute Gasteiger partial charge is 0.390 e. The first-order valence-electron chi connectivity index (χ1n) is 6.30. The van der Waals surface area contributed by atoms with E-state index in [0.29, 0.717) is 25.9 Å². The van der Waals surface area contributed by atoms with Crippen LogP contribution in [0.2, 0.25) is 0 Å². The Labute approximate surface area is 108 Å². The molecular weight excluding hydrogens is 234 g/mol. The fourth-order valence-corrected chi connectivity index (χ4v) is 2.07. The average molecular weight is 257 g/mol. The van der Waals surface area contributed by atoms with Gasteiger partial charge in [0.15, 0.2) is 0 Å². The predicted octanol–water partition coefficient (Wildman–Crippen LogP) is 0.0527. The van der Waals surface area contributed by atoms with E-state index in [4.69, 9.17) is 5.73 Å². The van der Waals surface area contributed by atoms with Crippen molar-refractivity contribution in [1.29, 1.82) is 0 Å². The lowest BCUT2D eigenvalue weighted by Gasteiger charge is -2.38. The summed E-state index contributed by atoms with van der Waals surface area (Å²) in [5, 5.41) is 12.3. The van der Waals surface area contributed by atoms with Crippen molar-refractivity contribution >= 4 is 11.9 Å². The zero-order chi connectivity index (χ0) is 13.9. The van der Waals surface area contributed by atoms with Gasteiger partial charge in [-0.25, -0.2) is 4.79 Å². The molecule has 104 valence electrons. The van der Waals surface area contributed by atoms with Gasteiger partial charge >= 0.3 is 6.03 Å². The average Bonchev–Trinajstić information content (AvgIpc) is 2.24. The maximum absolute atomic E-state index is 12.3. The van der Waals surface area contributed by atoms with Crippen LogP contribution in [0.1, 0.15) is 33.6 Å². The van der Waals surface area contributed by atoms with E-state index in [-0.39, 0.29) is 11.8 Å². The van der Waals surface area contributed by atoms with Crippen LogP contribution in [0.25, 0.3) is 0 Å². The fourth-order valence-electron chi connectivity index (χ4n) is 2.07. The first kappa shape index (κ1) is 14.8. The van der Waals surface area contributed by atoms with E-state index in [1.807, 2.05) is 13.8 Å². The monoisotopic (exact) mass is 257 g/mol. The minimum Gasteiger partial charge on any atom is -0.390 e. The molecule has 0 aliphatic carbocycles. The van der Waals surface area contributed by atoms with Gasteiger partial charge in [0.2, 0.25) is 5.91 Å². The maximum atomic E-state index is 12.3. The van der Waals surface area contributed by atoms with Gasteiger partial charge in [0.1, 0.15) is 6.04 Å². The van der Waals surface area contributed by atoms with E-state index in [1.54, 1.807) is 11.8 Å². The quantitative estimate of drug-likeness (QED) is 0.666. The van der Waals surface area contributed by atoms with E-state index >= 15 is 0 Å². The molecule has 1 rings (SSSR count). The number of carbonyl (C=O) groups is 2. The van der Waals surface area contributed by atoms with Gasteiger partial charge in [-0.15, -0.1) is 0 Å². The molecule has 0 aromatic carbocycles. The Bertz CT molecular complexity index is 319. The molecule has 0 spiro atoms. The first-order valence-corrected chi connectivity index (χ1v) is 6.30. The number of primary amides is 1. The number of urea groups is 1. The van der Waals surface area contributed by atoms with Crippen LogP contribution in [0, 0.1) is 5.92 Å². The summed E-state index contributed by atoms with van der Waals surface area (Å²) in [7, 11) is 0. The van der Waals surface area contributed by atoms with E-state index in [1.165, 1.54) is 0 Å². The molecule has 1 saturated heterocycles. The van der Waals surface area contributed by atoms with Crippen LogP contribution in [0.4, 0.5) is 4.79 Å². The highest BCUT2D eigenvalue weighted by Crippen LogP contribution is 2.22. The lowest BCUT2D eigenvalue weighted by atomic mass is 9.92. The summed E-state index contributed by atoms with van der Waals surface area (Å²) in [6, 6.07) is -1.28. The molecule has 0 radical (unpaired) electrons. The molecule has 0 aromatic heterocycles. The molecular formula is C12H23N3O3. The molecule has 4 N–H and O–H groups in total. The van der Waals surface area contributed by atoms with Crippen LogP contribution in [0.3, 0.4) is 0 Å². The van der Waals surface area contributed by atoms with Crippen molar-refractivity contribution in [3.63, 3.8) is 0 Å². The van der Waals surface area contributed by atoms with Gasteiger partial charge in [-0.05, 0) is 25.7 Å². The molecule has 6 nitrogen and oxygen atoms in total. The second-order valence-electron chi connectivity index (χ2n) is 5.55. The second kappa shape index (κ2) is 5.56. The Hall–Kier alpha value is -1.30. The summed E-state index contributed by atoms with van der Waals surface area (Å²) < 4.78 is 0. The van der Waals surface area contributed by atoms with Crippen molar-refractivity contribution in [2.24, 2.45) is 11.7 Å². The SMILES string of the molecule is CC(C)C(NC(N)=O)C(=O)N1CCC(C)(O)CC1. The van der Waals surface area contributed by atoms with Crippen molar-refractivity contribution in [3.8, 4) is 0 Å². The Morgan fingerprint density at radius 1 is 1.33 bits per heavy atom. The predicted molar refractivity (Wildman–Crippen MR) is 67.8 cm³/mol. The fraction of sp³-hybridized carbons (Fsp3) is 0.833. The highest BCUT2D eigenvalue weighted by atomic mass is 16.3. The van der Waals surface area contributed by atoms with Crippen LogP contribution >= 0.6 is 0 Å². The molecule has 1 fully saturated rings. The summed E-state index contributed by atoms with van der Waals surface area (Å²) >= 11 is 0. The topological polar surface area (TPSA) is 95.7 Å². The van der Waals surface area contributed by atoms with E-state index < -0.39 is 17.7 Å². The summed E-state index contributed by atoms with van der Waals surface area (Å²) in [5.74, 6) is -0.147. The molecule has 6 heteroatoms. The number of nitrogens with zero attached hydrogens (tertiary/aromatic N) is 1. The van der Waals surface area contributed by atoms with Gasteiger partial charge in [-0.1, -0.05) is 13.8 Å². The lowest BCUT2D eigenvalue weighted by Crippen LogP contribution is -2.55. The minimum atomic E-state index is -0.693. The summed E-state index contributed by atoms with van der Waals surface area (Å²) in [6.45, 7) is 6.51. The van der Waals surface area contributed by atoms with E-state index in [2.05, 4.69) is 5.32 Å². The van der Waals surface area contributed by atoms with Crippen LogP contribution in [0.15, 0.2) is 0 Å². The van der Waals surface area contributed by atoms with E-state index in [9.17, 15) is 14.7 Å². The molecule has 1 heterocycles. The zero-order valence-electron chi connectivity index (χ0n) is 11.3. The van der Waals surface area contributed by atoms with Crippen molar-refractivity contribution in [2.45, 2.75) is 45.3 Å². The smallest absolute Gasteiger partial charge is 0.312 e. The number of carbonyl (C=O) groups excluding carboxylic acids is 2. The lowest BCUT2D eigenvalue weighted by molar-refractivity contribution is -0.138. The number of hydrogen-bond donors (Lipinski definition) is 3. The molecule has 1 aliphatic heterocycles. The van der Waals surface area contributed by atoms with Gasteiger partial charge in [-0.3, -0.25) is 4.79 Å². The van der Waals surface area contributed by atoms with E-state index in [0.717, 1.165) is 0 Å². The third-order valence-electron chi connectivity index (χ3n) is 3.38. The zero-order valence-corrected chi connectivity index (χ0v) is 11.3. The van der Waals surface area contributed by atoms with Crippen molar-refractivity contribution in [1.82, 2.24) is 10.2 Å². The van der Waals surface area contributed by atoms with Gasteiger partial charge in [0.05, 0.1) is 5.60 Å². The third kappa shape index (κ3) is 3.87. The Balaban J connectivity index is 2.64. The normalized spacial score (nSPS) is 20.6. The highest BCUT2D eigenvalue weighted by Gasteiger charge is 2.33. The highest BCUT2D eigenvalue weighted by molar-refractivity contribution is 5.86. The first-order chi connectivity index (χ1) is 8.23. The molecule has 18 heavy (non-hydrogen) atoms. The molecule has 1 unspecified atom stereocenters. The van der Waals surface area contributed by atoms with Gasteiger partial charge in [0.25, 0.3) is 0 Å². The van der Waals surface area contributed by atoms with Crippen LogP contribution < -0.4 is 11.1 Å². The number of nitrogens with two attached hydrogens (primary N) is 1. The second-order valence-corrected chi connectivity index (χ2v) is 5.55. The summed E-state index contributed by atoms with van der Waals surface area (Å²) in [6.07, 6.45) is 1.11. The number of likely N-dealkylation sites (tertiary alicyclic amines) is 1. The van der Waals surface area contributed by atoms with Crippen LogP contribution in [0.5, 0.6) is 0 Å². The number of rotatable bonds is 3. The molecule has 1 aliphatic rings. The van der Waals surface area contributed by atoms with Gasteiger partial charge in [-0.2, -0.15) is 0 Å². The minimum absolute atomic E-state index is 0.0209. The molecule has 0 saturated carbocycles. The summed E-state index contributed by atoms with van der Waals surface area (Å²) in [5.41, 5.74) is 4.39. The number of amides is 3. The van der Waals surface area contributed by atoms with Crippen molar-refractivity contribution < 1.29 is 14.7 Å².